The SMILES string of the molecule is Nc1nn2ccnc2c(Nc2cccc3ccccc23)c1[C@H]1CC[C@H](N)CC1. The molecule has 5 N–H and O–H groups in total. The summed E-state index contributed by atoms with van der Waals surface area (Å²) in [6, 6.07) is 14.9. The smallest absolute Gasteiger partial charge is 0.177 e. The number of imidazole rings is 1. The average molecular weight is 372 g/mol. The highest BCUT2D eigenvalue weighted by molar-refractivity contribution is 5.97. The molecule has 0 saturated heterocycles. The minimum Gasteiger partial charge on any atom is -0.382 e. The number of nitrogens with one attached hydrogen (secondary N) is 1. The lowest BCUT2D eigenvalue weighted by atomic mass is 9.81. The van der Waals surface area contributed by atoms with Crippen LogP contribution >= 0.6 is 0 Å². The van der Waals surface area contributed by atoms with Crippen LogP contribution in [-0.2, 0) is 0 Å². The third-order valence-corrected chi connectivity index (χ3v) is 5.84. The van der Waals surface area contributed by atoms with Gasteiger partial charge >= 0.3 is 0 Å². The lowest BCUT2D eigenvalue weighted by Crippen LogP contribution is -2.26. The molecular weight excluding hydrogens is 348 g/mol. The highest BCUT2D eigenvalue weighted by Gasteiger charge is 2.27. The standard InChI is InChI=1S/C22H24N6/c23-16-10-8-15(9-11-16)19-20(22-25-12-13-28(22)27-21(19)24)26-18-7-3-5-14-4-1-2-6-17(14)18/h1-7,12-13,15-16,26H,8-11,23H2,(H2,24,27)/t15-,16-. The van der Waals surface area contributed by atoms with E-state index in [0.717, 1.165) is 48.3 Å². The highest BCUT2D eigenvalue weighted by atomic mass is 15.3. The second kappa shape index (κ2) is 6.80. The zero-order chi connectivity index (χ0) is 19.1. The van der Waals surface area contributed by atoms with Crippen LogP contribution in [0.1, 0.15) is 37.2 Å². The van der Waals surface area contributed by atoms with E-state index in [0.29, 0.717) is 11.7 Å². The summed E-state index contributed by atoms with van der Waals surface area (Å²) in [6.45, 7) is 0. The molecule has 0 aliphatic heterocycles. The molecule has 1 aliphatic rings. The molecule has 2 aromatic carbocycles. The summed E-state index contributed by atoms with van der Waals surface area (Å²) in [4.78, 5) is 4.56. The third kappa shape index (κ3) is 2.86. The molecule has 0 bridgehead atoms. The van der Waals surface area contributed by atoms with Crippen LogP contribution in [0.25, 0.3) is 16.4 Å². The van der Waals surface area contributed by atoms with Crippen molar-refractivity contribution in [1.29, 1.82) is 0 Å². The molecule has 0 spiro atoms. The van der Waals surface area contributed by atoms with Crippen LogP contribution < -0.4 is 16.8 Å². The Kier molecular flexibility index (Phi) is 4.13. The number of hydrogen-bond acceptors (Lipinski definition) is 5. The fourth-order valence-electron chi connectivity index (χ4n) is 4.39. The Morgan fingerprint density at radius 1 is 1.00 bits per heavy atom. The fraction of sp³-hybridized carbons (Fsp3) is 0.273. The second-order valence-corrected chi connectivity index (χ2v) is 7.63. The topological polar surface area (TPSA) is 94.3 Å². The van der Waals surface area contributed by atoms with Crippen molar-refractivity contribution in [2.45, 2.75) is 37.6 Å². The van der Waals surface area contributed by atoms with Gasteiger partial charge in [-0.2, -0.15) is 0 Å². The lowest BCUT2D eigenvalue weighted by molar-refractivity contribution is 0.396. The molecule has 6 heteroatoms. The first-order chi connectivity index (χ1) is 13.7. The average Bonchev–Trinajstić information content (AvgIpc) is 3.18. The molecule has 0 atom stereocenters. The van der Waals surface area contributed by atoms with Crippen LogP contribution in [0.2, 0.25) is 0 Å². The van der Waals surface area contributed by atoms with E-state index in [9.17, 15) is 0 Å². The van der Waals surface area contributed by atoms with Crippen molar-refractivity contribution in [2.75, 3.05) is 11.1 Å². The number of hydrogen-bond donors (Lipinski definition) is 3. The highest BCUT2D eigenvalue weighted by Crippen LogP contribution is 2.41. The van der Waals surface area contributed by atoms with Crippen molar-refractivity contribution >= 4 is 33.6 Å². The van der Waals surface area contributed by atoms with E-state index < -0.39 is 0 Å². The molecule has 142 valence electrons. The summed E-state index contributed by atoms with van der Waals surface area (Å²) in [7, 11) is 0. The number of nitrogen functional groups attached to an aromatic ring is 1. The van der Waals surface area contributed by atoms with Gasteiger partial charge < -0.3 is 16.8 Å². The van der Waals surface area contributed by atoms with Gasteiger partial charge in [0.1, 0.15) is 5.82 Å². The molecule has 28 heavy (non-hydrogen) atoms. The van der Waals surface area contributed by atoms with Crippen molar-refractivity contribution in [2.24, 2.45) is 5.73 Å². The predicted molar refractivity (Wildman–Crippen MR) is 114 cm³/mol. The summed E-state index contributed by atoms with van der Waals surface area (Å²) in [5.74, 6) is 0.903. The Morgan fingerprint density at radius 3 is 2.64 bits per heavy atom. The maximum absolute atomic E-state index is 6.45. The number of rotatable bonds is 3. The van der Waals surface area contributed by atoms with Gasteiger partial charge in [0.25, 0.3) is 0 Å². The van der Waals surface area contributed by atoms with Crippen LogP contribution in [0.5, 0.6) is 0 Å². The molecule has 0 unspecified atom stereocenters. The first-order valence-corrected chi connectivity index (χ1v) is 9.84. The predicted octanol–water partition coefficient (Wildman–Crippen LogP) is 4.19. The Morgan fingerprint density at radius 2 is 1.79 bits per heavy atom. The number of aromatic nitrogens is 3. The quantitative estimate of drug-likeness (QED) is 0.501. The molecule has 1 fully saturated rings. The van der Waals surface area contributed by atoms with Gasteiger partial charge in [0.15, 0.2) is 5.65 Å². The van der Waals surface area contributed by atoms with E-state index in [1.807, 2.05) is 6.20 Å². The summed E-state index contributed by atoms with van der Waals surface area (Å²) in [6.07, 6.45) is 7.66. The molecule has 0 amide bonds. The molecule has 6 nitrogen and oxygen atoms in total. The Hall–Kier alpha value is -3.12. The largest absolute Gasteiger partial charge is 0.382 e. The monoisotopic (exact) mass is 372 g/mol. The lowest BCUT2D eigenvalue weighted by Gasteiger charge is -2.29. The Balaban J connectivity index is 1.67. The summed E-state index contributed by atoms with van der Waals surface area (Å²) >= 11 is 0. The summed E-state index contributed by atoms with van der Waals surface area (Å²) in [5.41, 5.74) is 16.4. The van der Waals surface area contributed by atoms with Gasteiger partial charge in [-0.15, -0.1) is 5.10 Å². The fourth-order valence-corrected chi connectivity index (χ4v) is 4.39. The third-order valence-electron chi connectivity index (χ3n) is 5.84. The number of nitrogens with two attached hydrogens (primary N) is 2. The first kappa shape index (κ1) is 17.0. The second-order valence-electron chi connectivity index (χ2n) is 7.63. The number of fused-ring (bicyclic) bond motifs is 2. The van der Waals surface area contributed by atoms with E-state index in [4.69, 9.17) is 11.5 Å². The van der Waals surface area contributed by atoms with Crippen molar-refractivity contribution in [3.05, 3.63) is 60.4 Å². The molecule has 0 radical (unpaired) electrons. The molecule has 2 aromatic heterocycles. The Labute approximate surface area is 163 Å². The van der Waals surface area contributed by atoms with Crippen LogP contribution in [0.4, 0.5) is 17.2 Å². The van der Waals surface area contributed by atoms with Crippen molar-refractivity contribution in [3.8, 4) is 0 Å². The van der Waals surface area contributed by atoms with Crippen LogP contribution in [-0.4, -0.2) is 20.6 Å². The maximum Gasteiger partial charge on any atom is 0.177 e. The number of benzene rings is 2. The van der Waals surface area contributed by atoms with E-state index >= 15 is 0 Å². The molecule has 1 saturated carbocycles. The van der Waals surface area contributed by atoms with Gasteiger partial charge in [0.2, 0.25) is 0 Å². The normalized spacial score (nSPS) is 19.9. The van der Waals surface area contributed by atoms with Gasteiger partial charge in [-0.05, 0) is 43.1 Å². The van der Waals surface area contributed by atoms with Crippen LogP contribution in [0, 0.1) is 0 Å². The van der Waals surface area contributed by atoms with Gasteiger partial charge in [0.05, 0.1) is 5.69 Å². The molecular formula is C22H24N6. The molecule has 1 aliphatic carbocycles. The van der Waals surface area contributed by atoms with Gasteiger partial charge in [-0.25, -0.2) is 9.50 Å². The van der Waals surface area contributed by atoms with E-state index in [-0.39, 0.29) is 6.04 Å². The summed E-state index contributed by atoms with van der Waals surface area (Å²) in [5, 5.41) is 10.6. The van der Waals surface area contributed by atoms with Crippen LogP contribution in [0.3, 0.4) is 0 Å². The van der Waals surface area contributed by atoms with Crippen molar-refractivity contribution < 1.29 is 0 Å². The minimum absolute atomic E-state index is 0.287. The van der Waals surface area contributed by atoms with Gasteiger partial charge in [-0.3, -0.25) is 0 Å². The maximum atomic E-state index is 6.45. The number of anilines is 3. The number of nitrogens with zero attached hydrogens (tertiary/aromatic N) is 3. The molecule has 5 rings (SSSR count). The summed E-state index contributed by atoms with van der Waals surface area (Å²) < 4.78 is 1.75. The minimum atomic E-state index is 0.287. The van der Waals surface area contributed by atoms with Crippen molar-refractivity contribution in [3.63, 3.8) is 0 Å². The van der Waals surface area contributed by atoms with Crippen molar-refractivity contribution in [1.82, 2.24) is 14.6 Å². The Bertz CT molecular complexity index is 1140. The molecule has 4 aromatic rings. The molecule has 2 heterocycles. The van der Waals surface area contributed by atoms with Gasteiger partial charge in [-0.1, -0.05) is 36.4 Å². The van der Waals surface area contributed by atoms with E-state index in [1.54, 1.807) is 10.7 Å². The van der Waals surface area contributed by atoms with Crippen LogP contribution in [0.15, 0.2) is 54.9 Å². The van der Waals surface area contributed by atoms with Gasteiger partial charge in [0, 0.05) is 35.1 Å². The zero-order valence-corrected chi connectivity index (χ0v) is 15.7. The zero-order valence-electron chi connectivity index (χ0n) is 15.7. The van der Waals surface area contributed by atoms with E-state index in [1.165, 1.54) is 10.8 Å². The van der Waals surface area contributed by atoms with E-state index in [2.05, 4.69) is 57.9 Å². The first-order valence-electron chi connectivity index (χ1n) is 9.84.